The third-order valence-corrected chi connectivity index (χ3v) is 8.60. The summed E-state index contributed by atoms with van der Waals surface area (Å²) in [6.07, 6.45) is 2.43. The van der Waals surface area contributed by atoms with Gasteiger partial charge in [-0.25, -0.2) is 8.42 Å². The lowest BCUT2D eigenvalue weighted by Gasteiger charge is -2.39. The molecule has 3 rings (SSSR count). The van der Waals surface area contributed by atoms with Gasteiger partial charge in [0.1, 0.15) is 5.75 Å². The van der Waals surface area contributed by atoms with Crippen LogP contribution in [0.25, 0.3) is 0 Å². The summed E-state index contributed by atoms with van der Waals surface area (Å²) in [4.78, 5) is 9.01. The number of hydrogen-bond donors (Lipinski definition) is 1. The average Bonchev–Trinajstić information content (AvgIpc) is 3.22. The Kier molecular flexibility index (Phi) is 6.73. The molecule has 7 nitrogen and oxygen atoms in total. The Balaban J connectivity index is 1.74. The number of likely N-dealkylation sites (tertiary alicyclic amines) is 1. The van der Waals surface area contributed by atoms with Gasteiger partial charge in [-0.05, 0) is 57.5 Å². The van der Waals surface area contributed by atoms with Gasteiger partial charge in [0.15, 0.2) is 15.8 Å². The largest absolute Gasteiger partial charge is 0.497 e. The molecule has 1 N–H and O–H groups in total. The summed E-state index contributed by atoms with van der Waals surface area (Å²) in [6.45, 7) is 7.38. The van der Waals surface area contributed by atoms with Crippen molar-refractivity contribution in [1.82, 2.24) is 15.1 Å². The van der Waals surface area contributed by atoms with E-state index in [9.17, 15) is 8.42 Å². The van der Waals surface area contributed by atoms with Crippen LogP contribution in [0.15, 0.2) is 29.3 Å². The number of rotatable bonds is 5. The van der Waals surface area contributed by atoms with E-state index in [2.05, 4.69) is 32.2 Å². The number of hydrogen-bond acceptors (Lipinski definition) is 5. The fourth-order valence-electron chi connectivity index (χ4n) is 4.20. The van der Waals surface area contributed by atoms with Crippen LogP contribution in [0.5, 0.6) is 5.75 Å². The highest BCUT2D eigenvalue weighted by Crippen LogP contribution is 2.28. The molecule has 1 aromatic carbocycles. The number of benzene rings is 1. The second-order valence-electron chi connectivity index (χ2n) is 8.46. The zero-order valence-electron chi connectivity index (χ0n) is 18.0. The van der Waals surface area contributed by atoms with E-state index in [1.165, 1.54) is 18.4 Å². The van der Waals surface area contributed by atoms with Crippen molar-refractivity contribution in [2.24, 2.45) is 4.99 Å². The quantitative estimate of drug-likeness (QED) is 0.577. The van der Waals surface area contributed by atoms with Gasteiger partial charge in [-0.3, -0.25) is 9.89 Å². The van der Waals surface area contributed by atoms with E-state index >= 15 is 0 Å². The van der Waals surface area contributed by atoms with Crippen LogP contribution in [0.3, 0.4) is 0 Å². The molecule has 2 aliphatic heterocycles. The molecule has 0 bridgehead atoms. The van der Waals surface area contributed by atoms with E-state index in [0.717, 1.165) is 24.8 Å². The van der Waals surface area contributed by atoms with Crippen LogP contribution in [0.4, 0.5) is 0 Å². The van der Waals surface area contributed by atoms with Gasteiger partial charge in [-0.2, -0.15) is 0 Å². The normalized spacial score (nSPS) is 23.0. The van der Waals surface area contributed by atoms with Gasteiger partial charge in [-0.15, -0.1) is 0 Å². The van der Waals surface area contributed by atoms with E-state index in [4.69, 9.17) is 4.74 Å². The van der Waals surface area contributed by atoms with Gasteiger partial charge in [-0.1, -0.05) is 12.1 Å². The van der Waals surface area contributed by atoms with Crippen LogP contribution in [-0.4, -0.2) is 81.6 Å². The first kappa shape index (κ1) is 21.9. The van der Waals surface area contributed by atoms with Crippen LogP contribution in [0.2, 0.25) is 0 Å². The first-order chi connectivity index (χ1) is 13.8. The van der Waals surface area contributed by atoms with Crippen LogP contribution in [0, 0.1) is 0 Å². The van der Waals surface area contributed by atoms with Crippen LogP contribution < -0.4 is 10.1 Å². The summed E-state index contributed by atoms with van der Waals surface area (Å²) in [7, 11) is 0.372. The van der Waals surface area contributed by atoms with Gasteiger partial charge in [0, 0.05) is 26.7 Å². The topological polar surface area (TPSA) is 74.2 Å². The molecule has 1 unspecified atom stereocenters. The van der Waals surface area contributed by atoms with E-state index in [0.29, 0.717) is 19.6 Å². The summed E-state index contributed by atoms with van der Waals surface area (Å²) in [5.41, 5.74) is 1.22. The number of sulfone groups is 1. The van der Waals surface area contributed by atoms with Crippen molar-refractivity contribution >= 4 is 15.8 Å². The highest BCUT2D eigenvalue weighted by Gasteiger charge is 2.41. The fourth-order valence-corrected chi connectivity index (χ4v) is 5.57. The predicted molar refractivity (Wildman–Crippen MR) is 117 cm³/mol. The molecular weight excluding hydrogens is 388 g/mol. The summed E-state index contributed by atoms with van der Waals surface area (Å²) in [6, 6.07) is 8.46. The molecule has 8 heteroatoms. The molecule has 0 amide bonds. The maximum atomic E-state index is 12.3. The second-order valence-corrected chi connectivity index (χ2v) is 11.2. The number of aliphatic imine (C=N–C) groups is 1. The minimum absolute atomic E-state index is 0.159. The predicted octanol–water partition coefficient (Wildman–Crippen LogP) is 1.92. The van der Waals surface area contributed by atoms with Crippen molar-refractivity contribution in [3.63, 3.8) is 0 Å². The lowest BCUT2D eigenvalue weighted by Crippen LogP contribution is -2.57. The molecule has 162 valence electrons. The summed E-state index contributed by atoms with van der Waals surface area (Å²) in [5.74, 6) is 1.78. The lowest BCUT2D eigenvalue weighted by molar-refractivity contribution is 0.242. The third-order valence-electron chi connectivity index (χ3n) is 6.07. The fraction of sp³-hybridized carbons (Fsp3) is 0.667. The minimum Gasteiger partial charge on any atom is -0.497 e. The Morgan fingerprint density at radius 2 is 2.00 bits per heavy atom. The standard InChI is InChI=1S/C21H34N4O3S/c1-21(2)16-25(12-13-29(21,26)27)20(22-3)23-15-19(24-10-5-6-11-24)17-8-7-9-18(14-17)28-4/h7-9,14,19H,5-6,10-13,15-16H2,1-4H3,(H,22,23). The van der Waals surface area contributed by atoms with Gasteiger partial charge in [0.05, 0.1) is 23.7 Å². The Morgan fingerprint density at radius 1 is 1.28 bits per heavy atom. The highest BCUT2D eigenvalue weighted by atomic mass is 32.2. The van der Waals surface area contributed by atoms with Gasteiger partial charge >= 0.3 is 0 Å². The molecule has 2 heterocycles. The van der Waals surface area contributed by atoms with Crippen LogP contribution in [-0.2, 0) is 9.84 Å². The van der Waals surface area contributed by atoms with E-state index in [-0.39, 0.29) is 11.8 Å². The zero-order valence-corrected chi connectivity index (χ0v) is 18.8. The van der Waals surface area contributed by atoms with E-state index in [1.807, 2.05) is 12.1 Å². The number of nitrogens with zero attached hydrogens (tertiary/aromatic N) is 3. The van der Waals surface area contributed by atoms with Crippen molar-refractivity contribution in [3.8, 4) is 5.75 Å². The molecule has 1 aromatic rings. The molecule has 0 aromatic heterocycles. The maximum Gasteiger partial charge on any atom is 0.193 e. The lowest BCUT2D eigenvalue weighted by atomic mass is 10.0. The number of methoxy groups -OCH3 is 1. The second kappa shape index (κ2) is 8.92. The smallest absolute Gasteiger partial charge is 0.193 e. The van der Waals surface area contributed by atoms with Crippen molar-refractivity contribution in [3.05, 3.63) is 29.8 Å². The molecule has 0 saturated carbocycles. The summed E-state index contributed by atoms with van der Waals surface area (Å²) in [5, 5.41) is 3.52. The van der Waals surface area contributed by atoms with Gasteiger partial charge in [0.25, 0.3) is 0 Å². The van der Waals surface area contributed by atoms with Gasteiger partial charge < -0.3 is 15.0 Å². The van der Waals surface area contributed by atoms with E-state index in [1.54, 1.807) is 28.0 Å². The first-order valence-corrected chi connectivity index (χ1v) is 12.0. The van der Waals surface area contributed by atoms with Crippen LogP contribution >= 0.6 is 0 Å². The third kappa shape index (κ3) is 4.86. The SMILES string of the molecule is CN=C(NCC(c1cccc(OC)c1)N1CCCC1)N1CCS(=O)(=O)C(C)(C)C1. The molecular formula is C21H34N4O3S. The molecule has 1 atom stereocenters. The number of ether oxygens (including phenoxy) is 1. The Labute approximate surface area is 175 Å². The number of guanidine groups is 1. The minimum atomic E-state index is -3.08. The van der Waals surface area contributed by atoms with Gasteiger partial charge in [0.2, 0.25) is 0 Å². The highest BCUT2D eigenvalue weighted by molar-refractivity contribution is 7.92. The molecule has 0 spiro atoms. The Hall–Kier alpha value is -1.80. The van der Waals surface area contributed by atoms with Crippen molar-refractivity contribution in [2.75, 3.05) is 52.6 Å². The Morgan fingerprint density at radius 3 is 2.62 bits per heavy atom. The molecule has 0 aliphatic carbocycles. The molecule has 2 fully saturated rings. The van der Waals surface area contributed by atoms with E-state index < -0.39 is 14.6 Å². The monoisotopic (exact) mass is 422 g/mol. The Bertz CT molecular complexity index is 832. The molecule has 29 heavy (non-hydrogen) atoms. The maximum absolute atomic E-state index is 12.3. The summed E-state index contributed by atoms with van der Waals surface area (Å²) < 4.78 is 29.3. The molecule has 2 saturated heterocycles. The first-order valence-electron chi connectivity index (χ1n) is 10.3. The van der Waals surface area contributed by atoms with Crippen molar-refractivity contribution in [1.29, 1.82) is 0 Å². The van der Waals surface area contributed by atoms with Crippen LogP contribution in [0.1, 0.15) is 38.3 Å². The summed E-state index contributed by atoms with van der Waals surface area (Å²) >= 11 is 0. The average molecular weight is 423 g/mol. The zero-order chi connectivity index (χ0) is 21.1. The molecule has 0 radical (unpaired) electrons. The van der Waals surface area contributed by atoms with Crippen molar-refractivity contribution in [2.45, 2.75) is 37.5 Å². The van der Waals surface area contributed by atoms with Crippen molar-refractivity contribution < 1.29 is 13.2 Å². The number of nitrogens with one attached hydrogen (secondary N) is 1. The molecule has 2 aliphatic rings.